The van der Waals surface area contributed by atoms with E-state index in [-0.39, 0.29) is 0 Å². The Balaban J connectivity index is 1.59. The number of para-hydroxylation sites is 3. The smallest absolute Gasteiger partial charge is 0.145 e. The van der Waals surface area contributed by atoms with E-state index in [1.165, 1.54) is 32.3 Å². The predicted molar refractivity (Wildman–Crippen MR) is 139 cm³/mol. The van der Waals surface area contributed by atoms with Crippen LogP contribution in [0.2, 0.25) is 0 Å². The fourth-order valence-corrected chi connectivity index (χ4v) is 5.10. The number of benzene rings is 6. The molecule has 0 bridgehead atoms. The summed E-state index contributed by atoms with van der Waals surface area (Å²) in [6.07, 6.45) is 0. The summed E-state index contributed by atoms with van der Waals surface area (Å²) in [7, 11) is 0. The maximum absolute atomic E-state index is 5.07. The number of aromatic nitrogens is 2. The van der Waals surface area contributed by atoms with Gasteiger partial charge >= 0.3 is 0 Å². The van der Waals surface area contributed by atoms with Crippen LogP contribution < -0.4 is 0 Å². The van der Waals surface area contributed by atoms with Gasteiger partial charge < -0.3 is 0 Å². The van der Waals surface area contributed by atoms with Gasteiger partial charge in [-0.05, 0) is 62.6 Å². The van der Waals surface area contributed by atoms with Crippen molar-refractivity contribution >= 4 is 43.4 Å². The van der Waals surface area contributed by atoms with Gasteiger partial charge in [0.05, 0.1) is 11.0 Å². The summed E-state index contributed by atoms with van der Waals surface area (Å²) in [4.78, 5) is 5.07. The molecule has 1 aromatic heterocycles. The first kappa shape index (κ1) is 18.2. The summed E-state index contributed by atoms with van der Waals surface area (Å²) in [5, 5.41) is 7.67. The van der Waals surface area contributed by atoms with Crippen molar-refractivity contribution in [2.24, 2.45) is 0 Å². The molecule has 6 aromatic carbocycles. The second kappa shape index (κ2) is 7.04. The monoisotopic (exact) mass is 420 g/mol. The fraction of sp³-hybridized carbons (Fsp3) is 0. The normalized spacial score (nSPS) is 11.6. The lowest BCUT2D eigenvalue weighted by Crippen LogP contribution is -1.97. The number of rotatable bonds is 2. The number of fused-ring (bicyclic) bond motifs is 7. The lowest BCUT2D eigenvalue weighted by atomic mass is 9.93. The first-order valence-electron chi connectivity index (χ1n) is 11.2. The van der Waals surface area contributed by atoms with E-state index in [1.54, 1.807) is 0 Å². The van der Waals surface area contributed by atoms with Crippen LogP contribution in [0, 0.1) is 0 Å². The van der Waals surface area contributed by atoms with Crippen molar-refractivity contribution in [1.29, 1.82) is 0 Å². The summed E-state index contributed by atoms with van der Waals surface area (Å²) < 4.78 is 2.26. The Morgan fingerprint density at radius 2 is 1.00 bits per heavy atom. The van der Waals surface area contributed by atoms with Crippen LogP contribution >= 0.6 is 0 Å². The zero-order valence-corrected chi connectivity index (χ0v) is 17.9. The highest BCUT2D eigenvalue weighted by atomic mass is 15.1. The van der Waals surface area contributed by atoms with Gasteiger partial charge in [-0.3, -0.25) is 4.57 Å². The molecule has 0 fully saturated rings. The minimum Gasteiger partial charge on any atom is -0.292 e. The van der Waals surface area contributed by atoms with Gasteiger partial charge in [0.25, 0.3) is 0 Å². The first-order valence-corrected chi connectivity index (χ1v) is 11.2. The average Bonchev–Trinajstić information content (AvgIpc) is 3.29. The van der Waals surface area contributed by atoms with Gasteiger partial charge in [-0.15, -0.1) is 0 Å². The molecule has 0 atom stereocenters. The third kappa shape index (κ3) is 2.71. The van der Waals surface area contributed by atoms with Crippen LogP contribution in [0.5, 0.6) is 0 Å². The van der Waals surface area contributed by atoms with Crippen molar-refractivity contribution in [2.75, 3.05) is 0 Å². The van der Waals surface area contributed by atoms with Crippen molar-refractivity contribution in [2.45, 2.75) is 0 Å². The van der Waals surface area contributed by atoms with E-state index < -0.39 is 0 Å². The second-order valence-electron chi connectivity index (χ2n) is 8.45. The molecular weight excluding hydrogens is 400 g/mol. The van der Waals surface area contributed by atoms with Crippen LogP contribution in [0.4, 0.5) is 0 Å². The van der Waals surface area contributed by atoms with E-state index in [2.05, 4.69) is 126 Å². The van der Waals surface area contributed by atoms with Gasteiger partial charge in [0.2, 0.25) is 0 Å². The van der Waals surface area contributed by atoms with Crippen LogP contribution in [0.15, 0.2) is 121 Å². The van der Waals surface area contributed by atoms with Crippen LogP contribution in [0.3, 0.4) is 0 Å². The molecule has 33 heavy (non-hydrogen) atoms. The molecule has 2 nitrogen and oxygen atoms in total. The molecule has 0 spiro atoms. The Hall–Kier alpha value is -4.43. The molecule has 0 amide bonds. The lowest BCUT2D eigenvalue weighted by Gasteiger charge is -2.13. The van der Waals surface area contributed by atoms with E-state index in [0.717, 1.165) is 28.1 Å². The first-order chi connectivity index (χ1) is 16.4. The number of nitrogens with zero attached hydrogens (tertiary/aromatic N) is 2. The zero-order valence-electron chi connectivity index (χ0n) is 17.9. The van der Waals surface area contributed by atoms with Crippen molar-refractivity contribution in [3.05, 3.63) is 121 Å². The minimum atomic E-state index is 0.960. The molecule has 0 saturated heterocycles. The van der Waals surface area contributed by atoms with Crippen molar-refractivity contribution < 1.29 is 0 Å². The van der Waals surface area contributed by atoms with Gasteiger partial charge in [-0.1, -0.05) is 91.0 Å². The molecule has 0 aliphatic heterocycles. The molecule has 154 valence electrons. The Morgan fingerprint density at radius 1 is 0.455 bits per heavy atom. The summed E-state index contributed by atoms with van der Waals surface area (Å²) in [5.74, 6) is 0.960. The van der Waals surface area contributed by atoms with Gasteiger partial charge in [-0.25, -0.2) is 4.98 Å². The summed E-state index contributed by atoms with van der Waals surface area (Å²) >= 11 is 0. The molecule has 0 aliphatic rings. The standard InChI is InChI=1S/C31H20N2/c1-2-10-22(11-3-1)33-30-17-9-8-16-29(30)32-31(33)21-18-19-27-25-14-5-4-12-23(25)24-13-6-7-15-26(24)28(27)20-21/h1-20H. The van der Waals surface area contributed by atoms with Crippen LogP contribution in [0.25, 0.3) is 60.4 Å². The van der Waals surface area contributed by atoms with Gasteiger partial charge in [0, 0.05) is 11.3 Å². The summed E-state index contributed by atoms with van der Waals surface area (Å²) in [6, 6.07) is 43.0. The molecule has 0 N–H and O–H groups in total. The molecule has 0 unspecified atom stereocenters. The Bertz CT molecular complexity index is 1770. The van der Waals surface area contributed by atoms with E-state index >= 15 is 0 Å². The molecule has 7 rings (SSSR count). The maximum Gasteiger partial charge on any atom is 0.145 e. The second-order valence-corrected chi connectivity index (χ2v) is 8.45. The van der Waals surface area contributed by atoms with Crippen molar-refractivity contribution in [3.8, 4) is 17.1 Å². The fourth-order valence-electron chi connectivity index (χ4n) is 5.10. The molecule has 7 aromatic rings. The molecular formula is C31H20N2. The third-order valence-electron chi connectivity index (χ3n) is 6.58. The van der Waals surface area contributed by atoms with Crippen LogP contribution in [-0.4, -0.2) is 9.55 Å². The average molecular weight is 421 g/mol. The van der Waals surface area contributed by atoms with E-state index in [9.17, 15) is 0 Å². The van der Waals surface area contributed by atoms with Gasteiger partial charge in [0.1, 0.15) is 5.82 Å². The summed E-state index contributed by atoms with van der Waals surface area (Å²) in [6.45, 7) is 0. The molecule has 0 aliphatic carbocycles. The minimum absolute atomic E-state index is 0.960. The molecule has 0 saturated carbocycles. The van der Waals surface area contributed by atoms with E-state index in [4.69, 9.17) is 4.98 Å². The van der Waals surface area contributed by atoms with Crippen molar-refractivity contribution in [3.63, 3.8) is 0 Å². The highest BCUT2D eigenvalue weighted by Gasteiger charge is 2.16. The lowest BCUT2D eigenvalue weighted by molar-refractivity contribution is 1.10. The SMILES string of the molecule is c1ccc(-n2c(-c3ccc4c5ccccc5c5ccccc5c4c3)nc3ccccc32)cc1. The highest BCUT2D eigenvalue weighted by molar-refractivity contribution is 6.25. The Morgan fingerprint density at radius 3 is 1.70 bits per heavy atom. The maximum atomic E-state index is 5.07. The number of imidazole rings is 1. The van der Waals surface area contributed by atoms with E-state index in [0.29, 0.717) is 0 Å². The number of hydrogen-bond donors (Lipinski definition) is 0. The quantitative estimate of drug-likeness (QED) is 0.258. The molecule has 2 heteroatoms. The predicted octanol–water partition coefficient (Wildman–Crippen LogP) is 8.15. The third-order valence-corrected chi connectivity index (χ3v) is 6.58. The number of hydrogen-bond acceptors (Lipinski definition) is 1. The molecule has 1 heterocycles. The summed E-state index contributed by atoms with van der Waals surface area (Å²) in [5.41, 5.74) is 4.34. The zero-order chi connectivity index (χ0) is 21.8. The van der Waals surface area contributed by atoms with Gasteiger partial charge in [0.15, 0.2) is 0 Å². The molecule has 0 radical (unpaired) electrons. The highest BCUT2D eigenvalue weighted by Crippen LogP contribution is 2.37. The van der Waals surface area contributed by atoms with E-state index in [1.807, 2.05) is 0 Å². The van der Waals surface area contributed by atoms with Crippen LogP contribution in [0.1, 0.15) is 0 Å². The Kier molecular flexibility index (Phi) is 3.88. The van der Waals surface area contributed by atoms with Crippen molar-refractivity contribution in [1.82, 2.24) is 9.55 Å². The van der Waals surface area contributed by atoms with Gasteiger partial charge in [-0.2, -0.15) is 0 Å². The topological polar surface area (TPSA) is 17.8 Å². The largest absolute Gasteiger partial charge is 0.292 e. The van der Waals surface area contributed by atoms with Crippen LogP contribution in [-0.2, 0) is 0 Å². The Labute approximate surface area is 191 Å².